The highest BCUT2D eigenvalue weighted by atomic mass is 19.4. The number of primary amides is 1. The molecule has 1 aromatic carbocycles. The summed E-state index contributed by atoms with van der Waals surface area (Å²) >= 11 is 0. The van der Waals surface area contributed by atoms with Gasteiger partial charge in [0.15, 0.2) is 6.35 Å². The van der Waals surface area contributed by atoms with Crippen molar-refractivity contribution < 1.29 is 27.8 Å². The molecule has 1 saturated heterocycles. The number of hydrogen-bond acceptors (Lipinski definition) is 7. The molecule has 1 heterocycles. The number of alkyl halides is 3. The number of rotatable bonds is 9. The van der Waals surface area contributed by atoms with Gasteiger partial charge in [0.1, 0.15) is 5.75 Å². The van der Waals surface area contributed by atoms with Crippen LogP contribution < -0.4 is 26.8 Å². The number of aliphatic hydroxyl groups excluding tert-OH is 1. The minimum absolute atomic E-state index is 0.00204. The van der Waals surface area contributed by atoms with Crippen LogP contribution in [0.25, 0.3) is 0 Å². The summed E-state index contributed by atoms with van der Waals surface area (Å²) in [4.78, 5) is 14.9. The zero-order chi connectivity index (χ0) is 22.6. The molecule has 12 heteroatoms. The highest BCUT2D eigenvalue weighted by Crippen LogP contribution is 2.32. The lowest BCUT2D eigenvalue weighted by molar-refractivity contribution is -0.274. The Hall–Kier alpha value is -2.70. The maximum atomic E-state index is 12.3. The molecular formula is C19H27F3N6O3. The molecule has 2 amide bonds. The van der Waals surface area contributed by atoms with Crippen LogP contribution in [0.4, 0.5) is 23.7 Å². The van der Waals surface area contributed by atoms with Crippen molar-refractivity contribution in [3.05, 3.63) is 36.2 Å². The number of carbonyl (C=O) groups is 1. The predicted molar refractivity (Wildman–Crippen MR) is 107 cm³/mol. The first-order chi connectivity index (χ1) is 14.6. The number of urea groups is 1. The fraction of sp³-hybridized carbons (Fsp3) is 0.526. The summed E-state index contributed by atoms with van der Waals surface area (Å²) in [5, 5.41) is 16.4. The Kier molecular flexibility index (Phi) is 7.13. The quantitative estimate of drug-likeness (QED) is 0.363. The molecule has 0 spiro atoms. The van der Waals surface area contributed by atoms with Gasteiger partial charge in [-0.1, -0.05) is 6.07 Å². The number of benzene rings is 1. The third kappa shape index (κ3) is 6.91. The lowest BCUT2D eigenvalue weighted by Crippen LogP contribution is -2.53. The van der Waals surface area contributed by atoms with Gasteiger partial charge < -0.3 is 31.5 Å². The maximum Gasteiger partial charge on any atom is 0.573 e. The standard InChI is InChI=1S/C19H27F3N6O3/c20-19(21,22)31-16-3-1-2-13(8-16)25-9-12(23)10-26-18(30)28(14-4-5-14)15-6-7-27(11-15)17(24)29/h1-3,8-9,14-15,18,25-26,30H,4-7,10-11,23H2,(H2,24,29)/b12-9-/t15-,18?/m1/s1. The first-order valence-corrected chi connectivity index (χ1v) is 9.92. The van der Waals surface area contributed by atoms with Gasteiger partial charge in [-0.2, -0.15) is 0 Å². The molecule has 2 aliphatic rings. The number of nitrogens with zero attached hydrogens (tertiary/aromatic N) is 2. The van der Waals surface area contributed by atoms with E-state index >= 15 is 0 Å². The van der Waals surface area contributed by atoms with E-state index in [-0.39, 0.29) is 24.4 Å². The number of halogens is 3. The van der Waals surface area contributed by atoms with Gasteiger partial charge in [0.25, 0.3) is 0 Å². The normalized spacial score (nSPS) is 20.7. The molecule has 0 bridgehead atoms. The third-order valence-corrected chi connectivity index (χ3v) is 5.13. The van der Waals surface area contributed by atoms with Gasteiger partial charge in [-0.15, -0.1) is 13.2 Å². The minimum Gasteiger partial charge on any atom is -0.406 e. The molecule has 2 fully saturated rings. The molecule has 31 heavy (non-hydrogen) atoms. The van der Waals surface area contributed by atoms with Gasteiger partial charge in [0.2, 0.25) is 0 Å². The largest absolute Gasteiger partial charge is 0.573 e. The van der Waals surface area contributed by atoms with Crippen LogP contribution in [0.1, 0.15) is 19.3 Å². The Labute approximate surface area is 177 Å². The van der Waals surface area contributed by atoms with E-state index in [0.29, 0.717) is 24.5 Å². The van der Waals surface area contributed by atoms with Crippen molar-refractivity contribution in [2.24, 2.45) is 11.5 Å². The first kappa shape index (κ1) is 23.0. The molecule has 1 aliphatic carbocycles. The first-order valence-electron chi connectivity index (χ1n) is 9.92. The number of carbonyl (C=O) groups excluding carboxylic acids is 1. The smallest absolute Gasteiger partial charge is 0.406 e. The van der Waals surface area contributed by atoms with Crippen LogP contribution in [0.3, 0.4) is 0 Å². The fourth-order valence-electron chi connectivity index (χ4n) is 3.58. The average molecular weight is 444 g/mol. The van der Waals surface area contributed by atoms with E-state index in [2.05, 4.69) is 15.4 Å². The predicted octanol–water partition coefficient (Wildman–Crippen LogP) is 1.28. The summed E-state index contributed by atoms with van der Waals surface area (Å²) in [5.41, 5.74) is 12.0. The topological polar surface area (TPSA) is 129 Å². The van der Waals surface area contributed by atoms with Gasteiger partial charge in [-0.3, -0.25) is 10.2 Å². The summed E-state index contributed by atoms with van der Waals surface area (Å²) in [5.74, 6) is -0.348. The molecule has 7 N–H and O–H groups in total. The van der Waals surface area contributed by atoms with Crippen molar-refractivity contribution in [2.45, 2.75) is 44.1 Å². The number of nitrogens with one attached hydrogen (secondary N) is 2. The van der Waals surface area contributed by atoms with Gasteiger partial charge in [0, 0.05) is 55.4 Å². The fourth-order valence-corrected chi connectivity index (χ4v) is 3.58. The van der Waals surface area contributed by atoms with Crippen LogP contribution in [-0.4, -0.2) is 65.4 Å². The van der Waals surface area contributed by atoms with E-state index in [1.807, 2.05) is 4.90 Å². The van der Waals surface area contributed by atoms with E-state index in [0.717, 1.165) is 19.3 Å². The average Bonchev–Trinajstić information content (AvgIpc) is 3.39. The van der Waals surface area contributed by atoms with Gasteiger partial charge in [-0.05, 0) is 31.4 Å². The number of nitrogens with two attached hydrogens (primary N) is 2. The second kappa shape index (κ2) is 9.62. The van der Waals surface area contributed by atoms with Crippen LogP contribution >= 0.6 is 0 Å². The van der Waals surface area contributed by atoms with Crippen molar-refractivity contribution in [1.29, 1.82) is 0 Å². The molecule has 9 nitrogen and oxygen atoms in total. The molecule has 3 rings (SSSR count). The Bertz CT molecular complexity index is 802. The van der Waals surface area contributed by atoms with Crippen molar-refractivity contribution >= 4 is 11.7 Å². The molecular weight excluding hydrogens is 417 g/mol. The molecule has 172 valence electrons. The molecule has 1 saturated carbocycles. The lowest BCUT2D eigenvalue weighted by atomic mass is 10.2. The van der Waals surface area contributed by atoms with Crippen LogP contribution in [0.15, 0.2) is 36.2 Å². The SMILES string of the molecule is NC(=O)N1CC[C@@H](N(C2CC2)C(O)NC/C(N)=C/Nc2cccc(OC(F)(F)F)c2)C1. The third-order valence-electron chi connectivity index (χ3n) is 5.13. The highest BCUT2D eigenvalue weighted by Gasteiger charge is 2.41. The van der Waals surface area contributed by atoms with Crippen LogP contribution in [0.2, 0.25) is 0 Å². The minimum atomic E-state index is -4.77. The Balaban J connectivity index is 1.51. The lowest BCUT2D eigenvalue weighted by Gasteiger charge is -2.33. The Morgan fingerprint density at radius 3 is 2.68 bits per heavy atom. The van der Waals surface area contributed by atoms with E-state index < -0.39 is 18.7 Å². The zero-order valence-corrected chi connectivity index (χ0v) is 16.8. The van der Waals surface area contributed by atoms with Crippen LogP contribution in [0.5, 0.6) is 5.75 Å². The highest BCUT2D eigenvalue weighted by molar-refractivity contribution is 5.72. The van der Waals surface area contributed by atoms with Crippen molar-refractivity contribution in [3.8, 4) is 5.75 Å². The van der Waals surface area contributed by atoms with Crippen LogP contribution in [-0.2, 0) is 0 Å². The van der Waals surface area contributed by atoms with Crippen molar-refractivity contribution in [3.63, 3.8) is 0 Å². The van der Waals surface area contributed by atoms with E-state index in [9.17, 15) is 23.1 Å². The number of amides is 2. The summed E-state index contributed by atoms with van der Waals surface area (Å²) in [6.07, 6.45) is -1.64. The number of anilines is 1. The molecule has 1 aromatic rings. The Morgan fingerprint density at radius 1 is 1.32 bits per heavy atom. The monoisotopic (exact) mass is 444 g/mol. The van der Waals surface area contributed by atoms with Crippen molar-refractivity contribution in [1.82, 2.24) is 15.1 Å². The summed E-state index contributed by atoms with van der Waals surface area (Å²) in [6, 6.07) is 5.14. The van der Waals surface area contributed by atoms with Crippen molar-refractivity contribution in [2.75, 3.05) is 25.0 Å². The second-order valence-electron chi connectivity index (χ2n) is 7.60. The summed E-state index contributed by atoms with van der Waals surface area (Å²) < 4.78 is 40.9. The van der Waals surface area contributed by atoms with E-state index in [1.54, 1.807) is 11.0 Å². The van der Waals surface area contributed by atoms with Crippen LogP contribution in [0, 0.1) is 0 Å². The number of hydrogen-bond donors (Lipinski definition) is 5. The van der Waals surface area contributed by atoms with Gasteiger partial charge in [-0.25, -0.2) is 4.79 Å². The number of aliphatic hydroxyl groups is 1. The summed E-state index contributed by atoms with van der Waals surface area (Å²) in [7, 11) is 0. The molecule has 1 unspecified atom stereocenters. The Morgan fingerprint density at radius 2 is 2.06 bits per heavy atom. The van der Waals surface area contributed by atoms with E-state index in [1.165, 1.54) is 24.4 Å². The van der Waals surface area contributed by atoms with Gasteiger partial charge >= 0.3 is 12.4 Å². The maximum absolute atomic E-state index is 12.3. The number of ether oxygens (including phenoxy) is 1. The van der Waals surface area contributed by atoms with Gasteiger partial charge in [0.05, 0.1) is 0 Å². The second-order valence-corrected chi connectivity index (χ2v) is 7.60. The number of likely N-dealkylation sites (tertiary alicyclic amines) is 1. The molecule has 0 aromatic heterocycles. The molecule has 2 atom stereocenters. The molecule has 0 radical (unpaired) electrons. The summed E-state index contributed by atoms with van der Waals surface area (Å²) in [6.45, 7) is 1.16. The molecule has 1 aliphatic heterocycles. The zero-order valence-electron chi connectivity index (χ0n) is 16.8. The van der Waals surface area contributed by atoms with E-state index in [4.69, 9.17) is 11.5 Å².